The van der Waals surface area contributed by atoms with E-state index in [4.69, 9.17) is 11.6 Å². The number of nitrogens with one attached hydrogen (secondary N) is 1. The highest BCUT2D eigenvalue weighted by Crippen LogP contribution is 2.30. The van der Waals surface area contributed by atoms with Crippen molar-refractivity contribution in [2.45, 2.75) is 44.2 Å². The molecule has 1 N–H and O–H groups in total. The molecule has 0 aliphatic heterocycles. The Morgan fingerprint density at radius 1 is 1.37 bits per heavy atom. The smallest absolute Gasteiger partial charge is 0.211 e. The summed E-state index contributed by atoms with van der Waals surface area (Å²) in [4.78, 5) is 4.03. The van der Waals surface area contributed by atoms with Crippen LogP contribution in [0.15, 0.2) is 18.7 Å². The standard InChI is InChI=1S/C12H20ClN3O2S/c13-6-1-2-9-19(17,18)15-11-4-3-5-12(11)16-8-7-14-10-16/h7-8,10-12,15H,1-6,9H2. The predicted molar refractivity (Wildman–Crippen MR) is 75.8 cm³/mol. The summed E-state index contributed by atoms with van der Waals surface area (Å²) in [5.74, 6) is 0.670. The number of hydrogen-bond donors (Lipinski definition) is 1. The fourth-order valence-corrected chi connectivity index (χ4v) is 4.20. The number of unbranched alkanes of at least 4 members (excludes halogenated alkanes) is 1. The Hall–Kier alpha value is -0.590. The Bertz CT molecular complexity index is 475. The molecular weight excluding hydrogens is 286 g/mol. The van der Waals surface area contributed by atoms with E-state index in [1.807, 2.05) is 10.8 Å². The van der Waals surface area contributed by atoms with Crippen molar-refractivity contribution in [3.8, 4) is 0 Å². The molecule has 5 nitrogen and oxygen atoms in total. The molecule has 0 spiro atoms. The average molecular weight is 306 g/mol. The van der Waals surface area contributed by atoms with E-state index in [1.165, 1.54) is 0 Å². The molecule has 1 aromatic heterocycles. The van der Waals surface area contributed by atoms with E-state index >= 15 is 0 Å². The van der Waals surface area contributed by atoms with Gasteiger partial charge >= 0.3 is 0 Å². The molecule has 0 bridgehead atoms. The van der Waals surface area contributed by atoms with Gasteiger partial charge in [-0.3, -0.25) is 0 Å². The van der Waals surface area contributed by atoms with E-state index < -0.39 is 10.0 Å². The zero-order chi connectivity index (χ0) is 13.7. The van der Waals surface area contributed by atoms with E-state index in [1.54, 1.807) is 12.5 Å². The van der Waals surface area contributed by atoms with Crippen molar-refractivity contribution < 1.29 is 8.42 Å². The first kappa shape index (κ1) is 14.8. The molecule has 0 radical (unpaired) electrons. The van der Waals surface area contributed by atoms with Crippen LogP contribution in [0.1, 0.15) is 38.1 Å². The molecule has 0 aromatic carbocycles. The second-order valence-corrected chi connectivity index (χ2v) is 7.20. The van der Waals surface area contributed by atoms with Gasteiger partial charge in [0, 0.05) is 24.3 Å². The summed E-state index contributed by atoms with van der Waals surface area (Å²) >= 11 is 5.57. The number of nitrogens with zero attached hydrogens (tertiary/aromatic N) is 2. The minimum Gasteiger partial charge on any atom is -0.333 e. The van der Waals surface area contributed by atoms with Gasteiger partial charge in [-0.25, -0.2) is 18.1 Å². The lowest BCUT2D eigenvalue weighted by atomic mass is 10.2. The third kappa shape index (κ3) is 4.19. The van der Waals surface area contributed by atoms with Gasteiger partial charge in [0.25, 0.3) is 0 Å². The summed E-state index contributed by atoms with van der Waals surface area (Å²) in [5.41, 5.74) is 0. The largest absolute Gasteiger partial charge is 0.333 e. The van der Waals surface area contributed by atoms with Crippen LogP contribution in [0.2, 0.25) is 0 Å². The van der Waals surface area contributed by atoms with Gasteiger partial charge in [0.05, 0.1) is 18.1 Å². The van der Waals surface area contributed by atoms with Crippen molar-refractivity contribution in [1.29, 1.82) is 0 Å². The molecule has 7 heteroatoms. The maximum atomic E-state index is 12.0. The summed E-state index contributed by atoms with van der Waals surface area (Å²) < 4.78 is 28.8. The molecule has 1 aliphatic carbocycles. The number of sulfonamides is 1. The molecule has 2 atom stereocenters. The molecule has 1 heterocycles. The van der Waals surface area contributed by atoms with Crippen molar-refractivity contribution in [3.63, 3.8) is 0 Å². The maximum Gasteiger partial charge on any atom is 0.211 e. The predicted octanol–water partition coefficient (Wildman–Crippen LogP) is 1.92. The average Bonchev–Trinajstić information content (AvgIpc) is 2.98. The molecular formula is C12H20ClN3O2S. The summed E-state index contributed by atoms with van der Waals surface area (Å²) in [7, 11) is -3.20. The van der Waals surface area contributed by atoms with Gasteiger partial charge in [-0.05, 0) is 32.1 Å². The Morgan fingerprint density at radius 3 is 2.89 bits per heavy atom. The van der Waals surface area contributed by atoms with Gasteiger partial charge in [0.1, 0.15) is 0 Å². The van der Waals surface area contributed by atoms with Crippen LogP contribution in [0.5, 0.6) is 0 Å². The monoisotopic (exact) mass is 305 g/mol. The number of hydrogen-bond acceptors (Lipinski definition) is 3. The van der Waals surface area contributed by atoms with Crippen molar-refractivity contribution in [1.82, 2.24) is 14.3 Å². The topological polar surface area (TPSA) is 64.0 Å². The lowest BCUT2D eigenvalue weighted by Gasteiger charge is -2.22. The summed E-state index contributed by atoms with van der Waals surface area (Å²) in [6.07, 6.45) is 9.64. The summed E-state index contributed by atoms with van der Waals surface area (Å²) in [5, 5.41) is 0. The number of imidazole rings is 1. The van der Waals surface area contributed by atoms with Gasteiger partial charge in [-0.1, -0.05) is 0 Å². The van der Waals surface area contributed by atoms with Crippen LogP contribution in [0.4, 0.5) is 0 Å². The van der Waals surface area contributed by atoms with Gasteiger partial charge in [0.2, 0.25) is 10.0 Å². The fraction of sp³-hybridized carbons (Fsp3) is 0.750. The molecule has 1 aromatic rings. The first-order valence-electron chi connectivity index (χ1n) is 6.66. The highest BCUT2D eigenvalue weighted by Gasteiger charge is 2.31. The lowest BCUT2D eigenvalue weighted by molar-refractivity contribution is 0.431. The zero-order valence-electron chi connectivity index (χ0n) is 10.8. The van der Waals surface area contributed by atoms with Crippen LogP contribution in [-0.2, 0) is 10.0 Å². The number of halogens is 1. The summed E-state index contributed by atoms with van der Waals surface area (Å²) in [6, 6.07) is 0.167. The zero-order valence-corrected chi connectivity index (χ0v) is 12.4. The molecule has 1 fully saturated rings. The van der Waals surface area contributed by atoms with Crippen LogP contribution < -0.4 is 4.72 Å². The van der Waals surface area contributed by atoms with Crippen LogP contribution >= 0.6 is 11.6 Å². The Morgan fingerprint density at radius 2 is 2.21 bits per heavy atom. The highest BCUT2D eigenvalue weighted by molar-refractivity contribution is 7.89. The number of aromatic nitrogens is 2. The van der Waals surface area contributed by atoms with Crippen molar-refractivity contribution in [3.05, 3.63) is 18.7 Å². The molecule has 19 heavy (non-hydrogen) atoms. The van der Waals surface area contributed by atoms with Crippen LogP contribution in [0, 0.1) is 0 Å². The van der Waals surface area contributed by atoms with Crippen LogP contribution in [0.25, 0.3) is 0 Å². The molecule has 0 amide bonds. The van der Waals surface area contributed by atoms with Gasteiger partial charge < -0.3 is 4.57 Å². The number of rotatable bonds is 7. The summed E-state index contributed by atoms with van der Waals surface area (Å²) in [6.45, 7) is 0. The normalized spacial score (nSPS) is 23.8. The molecule has 1 aliphatic rings. The lowest BCUT2D eigenvalue weighted by Crippen LogP contribution is -2.39. The quantitative estimate of drug-likeness (QED) is 0.618. The fourth-order valence-electron chi connectivity index (χ4n) is 2.58. The Labute approximate surface area is 119 Å². The van der Waals surface area contributed by atoms with Gasteiger partial charge in [0.15, 0.2) is 0 Å². The minimum absolute atomic E-state index is 0.0183. The molecule has 0 saturated heterocycles. The second kappa shape index (κ2) is 6.72. The van der Waals surface area contributed by atoms with E-state index in [0.29, 0.717) is 12.3 Å². The first-order chi connectivity index (χ1) is 9.12. The third-order valence-corrected chi connectivity index (χ3v) is 5.27. The number of alkyl halides is 1. The van der Waals surface area contributed by atoms with Crippen LogP contribution in [0.3, 0.4) is 0 Å². The van der Waals surface area contributed by atoms with E-state index in [2.05, 4.69) is 9.71 Å². The van der Waals surface area contributed by atoms with Crippen LogP contribution in [-0.4, -0.2) is 35.6 Å². The van der Waals surface area contributed by atoms with Gasteiger partial charge in [-0.2, -0.15) is 0 Å². The van der Waals surface area contributed by atoms with Crippen molar-refractivity contribution in [2.24, 2.45) is 0 Å². The molecule has 108 valence electrons. The maximum absolute atomic E-state index is 12.0. The van der Waals surface area contributed by atoms with Crippen molar-refractivity contribution in [2.75, 3.05) is 11.6 Å². The molecule has 2 rings (SSSR count). The molecule has 2 unspecified atom stereocenters. The van der Waals surface area contributed by atoms with E-state index in [0.717, 1.165) is 25.7 Å². The third-order valence-electron chi connectivity index (χ3n) is 3.51. The highest BCUT2D eigenvalue weighted by atomic mass is 35.5. The first-order valence-corrected chi connectivity index (χ1v) is 8.84. The van der Waals surface area contributed by atoms with Gasteiger partial charge in [-0.15, -0.1) is 11.6 Å². The Balaban J connectivity index is 1.94. The Kier molecular flexibility index (Phi) is 5.24. The van der Waals surface area contributed by atoms with E-state index in [-0.39, 0.29) is 17.8 Å². The SMILES string of the molecule is O=S(=O)(CCCCCl)NC1CCCC1n1ccnc1. The minimum atomic E-state index is -3.20. The second-order valence-electron chi connectivity index (χ2n) is 4.95. The molecule has 1 saturated carbocycles. The van der Waals surface area contributed by atoms with E-state index in [9.17, 15) is 8.42 Å². The van der Waals surface area contributed by atoms with Crippen molar-refractivity contribution >= 4 is 21.6 Å².